The summed E-state index contributed by atoms with van der Waals surface area (Å²) in [5.74, 6) is -0.0867. The lowest BCUT2D eigenvalue weighted by Gasteiger charge is -2.22. The predicted octanol–water partition coefficient (Wildman–Crippen LogP) is 2.37. The molecule has 0 radical (unpaired) electrons. The fourth-order valence-corrected chi connectivity index (χ4v) is 1.39. The van der Waals surface area contributed by atoms with Crippen molar-refractivity contribution in [2.45, 2.75) is 27.7 Å². The number of aliphatic hydroxyl groups is 1. The molecule has 0 aromatic carbocycles. The number of ketones is 1. The van der Waals surface area contributed by atoms with Gasteiger partial charge in [-0.1, -0.05) is 12.5 Å². The van der Waals surface area contributed by atoms with Crippen LogP contribution in [0, 0.1) is 5.92 Å². The number of hydrogen-bond acceptors (Lipinski definition) is 2. The van der Waals surface area contributed by atoms with Gasteiger partial charge in [0.05, 0.1) is 0 Å². The SMILES string of the molecule is CC1=C(C)C(C)C(C)=C(O)C1=O. The lowest BCUT2D eigenvalue weighted by Crippen LogP contribution is -2.18. The maximum absolute atomic E-state index is 11.3. The number of hydrogen-bond donors (Lipinski definition) is 1. The maximum atomic E-state index is 11.3. The Labute approximate surface area is 72.6 Å². The molecule has 1 rings (SSSR count). The quantitative estimate of drug-likeness (QED) is 0.599. The Balaban J connectivity index is 3.22. The van der Waals surface area contributed by atoms with Crippen LogP contribution in [0.25, 0.3) is 0 Å². The van der Waals surface area contributed by atoms with Crippen molar-refractivity contribution in [3.63, 3.8) is 0 Å². The molecule has 2 nitrogen and oxygen atoms in total. The first-order valence-electron chi connectivity index (χ1n) is 4.08. The highest BCUT2D eigenvalue weighted by Gasteiger charge is 2.25. The van der Waals surface area contributed by atoms with Crippen molar-refractivity contribution >= 4 is 5.78 Å². The van der Waals surface area contributed by atoms with Gasteiger partial charge in [-0.25, -0.2) is 0 Å². The molecule has 1 unspecified atom stereocenters. The molecule has 12 heavy (non-hydrogen) atoms. The Morgan fingerprint density at radius 3 is 2.17 bits per heavy atom. The van der Waals surface area contributed by atoms with Gasteiger partial charge in [0.1, 0.15) is 0 Å². The molecule has 1 aliphatic rings. The lowest BCUT2D eigenvalue weighted by atomic mass is 9.83. The first-order chi connectivity index (χ1) is 5.46. The van der Waals surface area contributed by atoms with Crippen LogP contribution in [0.5, 0.6) is 0 Å². The van der Waals surface area contributed by atoms with Crippen molar-refractivity contribution in [1.29, 1.82) is 0 Å². The molecule has 0 aliphatic heterocycles. The van der Waals surface area contributed by atoms with Gasteiger partial charge < -0.3 is 5.11 Å². The van der Waals surface area contributed by atoms with Crippen LogP contribution in [0.3, 0.4) is 0 Å². The van der Waals surface area contributed by atoms with Crippen molar-refractivity contribution in [2.75, 3.05) is 0 Å². The zero-order valence-corrected chi connectivity index (χ0v) is 7.93. The van der Waals surface area contributed by atoms with E-state index in [-0.39, 0.29) is 17.5 Å². The summed E-state index contributed by atoms with van der Waals surface area (Å²) in [6.45, 7) is 7.50. The van der Waals surface area contributed by atoms with E-state index in [1.165, 1.54) is 0 Å². The largest absolute Gasteiger partial charge is 0.504 e. The van der Waals surface area contributed by atoms with Crippen molar-refractivity contribution in [2.24, 2.45) is 5.92 Å². The summed E-state index contributed by atoms with van der Waals surface area (Å²) in [6, 6.07) is 0. The van der Waals surface area contributed by atoms with Gasteiger partial charge in [0.15, 0.2) is 5.76 Å². The van der Waals surface area contributed by atoms with Gasteiger partial charge in [-0.05, 0) is 31.9 Å². The highest BCUT2D eigenvalue weighted by Crippen LogP contribution is 2.30. The van der Waals surface area contributed by atoms with Crippen LogP contribution >= 0.6 is 0 Å². The van der Waals surface area contributed by atoms with Gasteiger partial charge in [0, 0.05) is 5.92 Å². The smallest absolute Gasteiger partial charge is 0.222 e. The minimum atomic E-state index is -0.219. The Morgan fingerprint density at radius 1 is 1.17 bits per heavy atom. The van der Waals surface area contributed by atoms with Crippen LogP contribution in [0.2, 0.25) is 0 Å². The van der Waals surface area contributed by atoms with Crippen LogP contribution in [0.4, 0.5) is 0 Å². The Bertz CT molecular complexity index is 267. The van der Waals surface area contributed by atoms with Crippen LogP contribution in [0.1, 0.15) is 27.7 Å². The van der Waals surface area contributed by atoms with E-state index in [2.05, 4.69) is 0 Å². The summed E-state index contributed by atoms with van der Waals surface area (Å²) < 4.78 is 0. The zero-order valence-electron chi connectivity index (χ0n) is 7.93. The summed E-state index contributed by atoms with van der Waals surface area (Å²) in [5, 5.41) is 9.40. The molecule has 0 amide bonds. The minimum absolute atomic E-state index is 0.0643. The Morgan fingerprint density at radius 2 is 1.67 bits per heavy atom. The molecular weight excluding hydrogens is 152 g/mol. The number of allylic oxidation sites excluding steroid dienone is 3. The normalized spacial score (nSPS) is 25.3. The molecule has 0 heterocycles. The number of aliphatic hydroxyl groups excluding tert-OH is 1. The molecule has 0 saturated heterocycles. The number of Topliss-reactive ketones (excluding diaryl/α,β-unsaturated/α-hetero) is 1. The molecule has 0 aromatic rings. The Kier molecular flexibility index (Phi) is 2.09. The third kappa shape index (κ3) is 1.07. The van der Waals surface area contributed by atoms with E-state index in [1.54, 1.807) is 13.8 Å². The minimum Gasteiger partial charge on any atom is -0.504 e. The molecular formula is C10H14O2. The molecule has 0 bridgehead atoms. The molecule has 66 valence electrons. The molecule has 0 saturated carbocycles. The second-order valence-corrected chi connectivity index (χ2v) is 3.39. The Hall–Kier alpha value is -1.05. The summed E-state index contributed by atoms with van der Waals surface area (Å²) >= 11 is 0. The van der Waals surface area contributed by atoms with Crippen molar-refractivity contribution in [3.8, 4) is 0 Å². The van der Waals surface area contributed by atoms with Crippen LogP contribution in [0.15, 0.2) is 22.5 Å². The molecule has 1 N–H and O–H groups in total. The zero-order chi connectivity index (χ0) is 9.46. The van der Waals surface area contributed by atoms with E-state index in [0.717, 1.165) is 11.1 Å². The standard InChI is InChI=1S/C10H14O2/c1-5-6(2)8(4)10(12)9(11)7(5)3/h5,11H,1-4H3. The molecule has 0 spiro atoms. The molecule has 0 aromatic heterocycles. The molecule has 1 aliphatic carbocycles. The second kappa shape index (κ2) is 2.77. The fourth-order valence-electron chi connectivity index (χ4n) is 1.39. The molecule has 0 fully saturated rings. The highest BCUT2D eigenvalue weighted by atomic mass is 16.3. The van der Waals surface area contributed by atoms with Crippen LogP contribution < -0.4 is 0 Å². The van der Waals surface area contributed by atoms with Gasteiger partial charge in [-0.2, -0.15) is 0 Å². The number of rotatable bonds is 0. The topological polar surface area (TPSA) is 37.3 Å². The van der Waals surface area contributed by atoms with E-state index in [9.17, 15) is 9.90 Å². The van der Waals surface area contributed by atoms with Gasteiger partial charge in [-0.15, -0.1) is 0 Å². The van der Waals surface area contributed by atoms with Crippen LogP contribution in [-0.4, -0.2) is 10.9 Å². The average Bonchev–Trinajstić information content (AvgIpc) is 2.08. The summed E-state index contributed by atoms with van der Waals surface area (Å²) in [7, 11) is 0. The van der Waals surface area contributed by atoms with Crippen molar-refractivity contribution < 1.29 is 9.90 Å². The van der Waals surface area contributed by atoms with E-state index >= 15 is 0 Å². The van der Waals surface area contributed by atoms with Gasteiger partial charge in [-0.3, -0.25) is 4.79 Å². The summed E-state index contributed by atoms with van der Waals surface area (Å²) in [4.78, 5) is 11.3. The van der Waals surface area contributed by atoms with E-state index in [4.69, 9.17) is 0 Å². The van der Waals surface area contributed by atoms with Gasteiger partial charge in [0.25, 0.3) is 0 Å². The number of carbonyl (C=O) groups excluding carboxylic acids is 1. The first-order valence-corrected chi connectivity index (χ1v) is 4.08. The first kappa shape index (κ1) is 9.04. The van der Waals surface area contributed by atoms with Gasteiger partial charge >= 0.3 is 0 Å². The van der Waals surface area contributed by atoms with Crippen molar-refractivity contribution in [1.82, 2.24) is 0 Å². The van der Waals surface area contributed by atoms with E-state index in [1.807, 2.05) is 13.8 Å². The predicted molar refractivity (Wildman–Crippen MR) is 47.9 cm³/mol. The molecule has 1 atom stereocenters. The molecule has 2 heteroatoms. The van der Waals surface area contributed by atoms with Crippen molar-refractivity contribution in [3.05, 3.63) is 22.5 Å². The number of carbonyl (C=O) groups is 1. The monoisotopic (exact) mass is 166 g/mol. The van der Waals surface area contributed by atoms with Gasteiger partial charge in [0.2, 0.25) is 5.78 Å². The maximum Gasteiger partial charge on any atom is 0.222 e. The average molecular weight is 166 g/mol. The third-order valence-corrected chi connectivity index (χ3v) is 2.82. The summed E-state index contributed by atoms with van der Waals surface area (Å²) in [6.07, 6.45) is 0. The fraction of sp³-hybridized carbons (Fsp3) is 0.500. The second-order valence-electron chi connectivity index (χ2n) is 3.39. The van der Waals surface area contributed by atoms with E-state index < -0.39 is 0 Å². The van der Waals surface area contributed by atoms with Crippen LogP contribution in [-0.2, 0) is 4.79 Å². The summed E-state index contributed by atoms with van der Waals surface area (Å²) in [5.41, 5.74) is 2.53. The third-order valence-electron chi connectivity index (χ3n) is 2.82. The van der Waals surface area contributed by atoms with E-state index in [0.29, 0.717) is 5.57 Å². The highest BCUT2D eigenvalue weighted by molar-refractivity contribution is 6.08. The lowest BCUT2D eigenvalue weighted by molar-refractivity contribution is -0.114.